The molecule has 1 fully saturated rings. The highest BCUT2D eigenvalue weighted by molar-refractivity contribution is 5.90. The third-order valence-corrected chi connectivity index (χ3v) is 5.10. The second-order valence-electron chi connectivity index (χ2n) is 7.41. The molecule has 1 amide bonds. The second-order valence-corrected chi connectivity index (χ2v) is 7.41. The van der Waals surface area contributed by atoms with Crippen LogP contribution >= 0.6 is 0 Å². The van der Waals surface area contributed by atoms with Crippen LogP contribution in [0.4, 0.5) is 5.82 Å². The van der Waals surface area contributed by atoms with Crippen LogP contribution in [0.3, 0.4) is 0 Å². The van der Waals surface area contributed by atoms with E-state index in [9.17, 15) is 4.79 Å². The first-order chi connectivity index (χ1) is 13.4. The van der Waals surface area contributed by atoms with E-state index in [-0.39, 0.29) is 11.7 Å². The molecule has 1 saturated heterocycles. The number of amides is 1. The van der Waals surface area contributed by atoms with E-state index in [0.29, 0.717) is 11.6 Å². The number of anilines is 1. The fourth-order valence-corrected chi connectivity index (χ4v) is 3.35. The van der Waals surface area contributed by atoms with Gasteiger partial charge in [0.15, 0.2) is 0 Å². The lowest BCUT2D eigenvalue weighted by molar-refractivity contribution is 0.0815. The Hall–Kier alpha value is -2.98. The lowest BCUT2D eigenvalue weighted by atomic mass is 10.1. The van der Waals surface area contributed by atoms with Crippen LogP contribution in [0.1, 0.15) is 39.4 Å². The van der Waals surface area contributed by atoms with Gasteiger partial charge in [0.25, 0.3) is 5.91 Å². The van der Waals surface area contributed by atoms with Gasteiger partial charge in [-0.05, 0) is 38.0 Å². The Bertz CT molecular complexity index is 918. The summed E-state index contributed by atoms with van der Waals surface area (Å²) in [5.74, 6) is 0.900. The molecule has 0 aliphatic carbocycles. The van der Waals surface area contributed by atoms with Crippen LogP contribution in [-0.4, -0.2) is 54.0 Å². The Morgan fingerprint density at radius 3 is 2.86 bits per heavy atom. The Morgan fingerprint density at radius 2 is 2.14 bits per heavy atom. The molecule has 146 valence electrons. The predicted molar refractivity (Wildman–Crippen MR) is 108 cm³/mol. The van der Waals surface area contributed by atoms with E-state index < -0.39 is 0 Å². The summed E-state index contributed by atoms with van der Waals surface area (Å²) >= 11 is 0. The molecule has 1 aromatic heterocycles. The molecule has 0 saturated carbocycles. The molecule has 1 atom stereocenters. The largest absolute Gasteiger partial charge is 0.355 e. The van der Waals surface area contributed by atoms with Crippen molar-refractivity contribution in [1.29, 1.82) is 5.26 Å². The lowest BCUT2D eigenvalue weighted by Crippen LogP contribution is -2.33. The van der Waals surface area contributed by atoms with Crippen molar-refractivity contribution < 1.29 is 4.79 Å². The molecule has 3 rings (SSSR count). The molecule has 7 heteroatoms. The van der Waals surface area contributed by atoms with Crippen LogP contribution < -0.4 is 10.2 Å². The standard InChI is InChI=1S/C21H26N6O/c1-14-15(2)24-19(21(28)26(3)4)25-20(14)27-9-8-18(13-27)23-12-17-7-5-6-16(10-17)11-22/h5-7,10,18,23H,8-9,12-13H2,1-4H3/t18-/m1/s1. The molecule has 0 bridgehead atoms. The van der Waals surface area contributed by atoms with E-state index in [1.807, 2.05) is 38.1 Å². The minimum Gasteiger partial charge on any atom is -0.355 e. The van der Waals surface area contributed by atoms with Gasteiger partial charge in [-0.3, -0.25) is 4.79 Å². The Labute approximate surface area is 166 Å². The van der Waals surface area contributed by atoms with E-state index in [0.717, 1.165) is 48.7 Å². The molecule has 2 heterocycles. The number of carbonyl (C=O) groups excluding carboxylic acids is 1. The minimum absolute atomic E-state index is 0.185. The first-order valence-electron chi connectivity index (χ1n) is 9.43. The van der Waals surface area contributed by atoms with Gasteiger partial charge in [0, 0.05) is 51.0 Å². The maximum absolute atomic E-state index is 12.3. The van der Waals surface area contributed by atoms with E-state index >= 15 is 0 Å². The van der Waals surface area contributed by atoms with Crippen molar-refractivity contribution in [3.8, 4) is 6.07 Å². The van der Waals surface area contributed by atoms with Crippen molar-refractivity contribution in [1.82, 2.24) is 20.2 Å². The number of aromatic nitrogens is 2. The van der Waals surface area contributed by atoms with Crippen LogP contribution in [0.15, 0.2) is 24.3 Å². The third-order valence-electron chi connectivity index (χ3n) is 5.10. The summed E-state index contributed by atoms with van der Waals surface area (Å²) in [5.41, 5.74) is 3.63. The van der Waals surface area contributed by atoms with Crippen LogP contribution in [0.5, 0.6) is 0 Å². The lowest BCUT2D eigenvalue weighted by Gasteiger charge is -2.22. The highest BCUT2D eigenvalue weighted by Gasteiger charge is 2.26. The summed E-state index contributed by atoms with van der Waals surface area (Å²) in [5, 5.41) is 12.6. The van der Waals surface area contributed by atoms with Crippen molar-refractivity contribution in [2.75, 3.05) is 32.1 Å². The molecule has 2 aromatic rings. The predicted octanol–water partition coefficient (Wildman–Crippen LogP) is 2.04. The fourth-order valence-electron chi connectivity index (χ4n) is 3.35. The van der Waals surface area contributed by atoms with Crippen LogP contribution in [0, 0.1) is 25.2 Å². The zero-order valence-corrected chi connectivity index (χ0v) is 16.9. The highest BCUT2D eigenvalue weighted by Crippen LogP contribution is 2.24. The van der Waals surface area contributed by atoms with Crippen molar-refractivity contribution >= 4 is 11.7 Å². The van der Waals surface area contributed by atoms with Crippen molar-refractivity contribution in [2.45, 2.75) is 32.9 Å². The van der Waals surface area contributed by atoms with Gasteiger partial charge in [0.1, 0.15) is 5.82 Å². The zero-order chi connectivity index (χ0) is 20.3. The fraction of sp³-hybridized carbons (Fsp3) is 0.429. The molecular formula is C21H26N6O. The quantitative estimate of drug-likeness (QED) is 0.857. The van der Waals surface area contributed by atoms with Gasteiger partial charge in [0.2, 0.25) is 5.82 Å². The van der Waals surface area contributed by atoms with Gasteiger partial charge < -0.3 is 15.1 Å². The molecule has 1 N–H and O–H groups in total. The highest BCUT2D eigenvalue weighted by atomic mass is 16.2. The number of nitrogens with zero attached hydrogens (tertiary/aromatic N) is 5. The maximum atomic E-state index is 12.3. The molecule has 1 aromatic carbocycles. The van der Waals surface area contributed by atoms with E-state index in [2.05, 4.69) is 26.3 Å². The van der Waals surface area contributed by atoms with Crippen LogP contribution in [-0.2, 0) is 6.54 Å². The number of aryl methyl sites for hydroxylation is 1. The monoisotopic (exact) mass is 378 g/mol. The number of hydrogen-bond donors (Lipinski definition) is 1. The van der Waals surface area contributed by atoms with Crippen molar-refractivity contribution in [2.24, 2.45) is 0 Å². The molecule has 7 nitrogen and oxygen atoms in total. The van der Waals surface area contributed by atoms with Crippen LogP contribution in [0.25, 0.3) is 0 Å². The van der Waals surface area contributed by atoms with Gasteiger partial charge in [-0.1, -0.05) is 12.1 Å². The number of benzene rings is 1. The van der Waals surface area contributed by atoms with Gasteiger partial charge >= 0.3 is 0 Å². The van der Waals surface area contributed by atoms with Crippen molar-refractivity contribution in [3.63, 3.8) is 0 Å². The van der Waals surface area contributed by atoms with Gasteiger partial charge in [-0.25, -0.2) is 9.97 Å². The maximum Gasteiger partial charge on any atom is 0.291 e. The second kappa shape index (κ2) is 8.36. The first-order valence-corrected chi connectivity index (χ1v) is 9.43. The summed E-state index contributed by atoms with van der Waals surface area (Å²) < 4.78 is 0. The third kappa shape index (κ3) is 4.29. The Morgan fingerprint density at radius 1 is 1.36 bits per heavy atom. The van der Waals surface area contributed by atoms with Crippen molar-refractivity contribution in [3.05, 3.63) is 52.5 Å². The zero-order valence-electron chi connectivity index (χ0n) is 16.9. The minimum atomic E-state index is -0.185. The van der Waals surface area contributed by atoms with Gasteiger partial charge in [0.05, 0.1) is 11.6 Å². The van der Waals surface area contributed by atoms with Gasteiger partial charge in [-0.2, -0.15) is 5.26 Å². The molecule has 0 radical (unpaired) electrons. The van der Waals surface area contributed by atoms with Gasteiger partial charge in [-0.15, -0.1) is 0 Å². The Balaban J connectivity index is 1.69. The number of hydrogen-bond acceptors (Lipinski definition) is 6. The summed E-state index contributed by atoms with van der Waals surface area (Å²) in [6.45, 7) is 6.34. The first kappa shape index (κ1) is 19.8. The smallest absolute Gasteiger partial charge is 0.291 e. The number of nitrogens with one attached hydrogen (secondary N) is 1. The van der Waals surface area contributed by atoms with Crippen LogP contribution in [0.2, 0.25) is 0 Å². The molecular weight excluding hydrogens is 352 g/mol. The summed E-state index contributed by atoms with van der Waals surface area (Å²) in [7, 11) is 3.41. The summed E-state index contributed by atoms with van der Waals surface area (Å²) in [6, 6.07) is 10.2. The molecule has 1 aliphatic rings. The summed E-state index contributed by atoms with van der Waals surface area (Å²) in [6.07, 6.45) is 0.997. The Kier molecular flexibility index (Phi) is 5.90. The normalized spacial score (nSPS) is 16.1. The number of nitriles is 1. The molecule has 28 heavy (non-hydrogen) atoms. The molecule has 0 unspecified atom stereocenters. The van der Waals surface area contributed by atoms with E-state index in [1.165, 1.54) is 4.90 Å². The average molecular weight is 378 g/mol. The summed E-state index contributed by atoms with van der Waals surface area (Å²) in [4.78, 5) is 25.0. The van der Waals surface area contributed by atoms with E-state index in [4.69, 9.17) is 5.26 Å². The van der Waals surface area contributed by atoms with E-state index in [1.54, 1.807) is 14.1 Å². The average Bonchev–Trinajstić information content (AvgIpc) is 3.16. The number of carbonyl (C=O) groups is 1. The SMILES string of the molecule is Cc1nc(C(=O)N(C)C)nc(N2CC[C@@H](NCc3cccc(C#N)c3)C2)c1C. The molecule has 0 spiro atoms. The number of rotatable bonds is 5. The topological polar surface area (TPSA) is 85.2 Å². The molecule has 1 aliphatic heterocycles.